The van der Waals surface area contributed by atoms with Gasteiger partial charge in [-0.3, -0.25) is 4.79 Å². The highest BCUT2D eigenvalue weighted by Gasteiger charge is 2.26. The van der Waals surface area contributed by atoms with Crippen LogP contribution in [-0.4, -0.2) is 58.3 Å². The van der Waals surface area contributed by atoms with Crippen molar-refractivity contribution in [3.8, 4) is 11.3 Å². The molecule has 8 nitrogen and oxygen atoms in total. The Kier molecular flexibility index (Phi) is 8.66. The molecule has 2 aliphatic carbocycles. The van der Waals surface area contributed by atoms with Gasteiger partial charge in [-0.2, -0.15) is 0 Å². The number of carboxylic acids is 1. The number of anilines is 1. The Morgan fingerprint density at radius 2 is 1.87 bits per heavy atom. The number of carbonyl (C=O) groups is 2. The largest absolute Gasteiger partial charge is 0.478 e. The van der Waals surface area contributed by atoms with Gasteiger partial charge >= 0.3 is 5.97 Å². The molecule has 0 fully saturated rings. The van der Waals surface area contributed by atoms with Crippen LogP contribution in [0.15, 0.2) is 70.2 Å². The lowest BCUT2D eigenvalue weighted by atomic mass is 9.89. The predicted octanol–water partition coefficient (Wildman–Crippen LogP) is 3.61. The molecule has 0 saturated heterocycles. The topological polar surface area (TPSA) is 112 Å². The number of allylic oxidation sites excluding steroid dienone is 3. The summed E-state index contributed by atoms with van der Waals surface area (Å²) >= 11 is 0. The minimum absolute atomic E-state index is 0.152. The number of hydrogen-bond acceptors (Lipinski definition) is 5. The van der Waals surface area contributed by atoms with Gasteiger partial charge < -0.3 is 25.5 Å². The predicted molar refractivity (Wildman–Crippen MR) is 157 cm³/mol. The molecule has 8 heteroatoms. The zero-order chi connectivity index (χ0) is 28.1. The molecule has 1 aromatic rings. The van der Waals surface area contributed by atoms with Gasteiger partial charge in [0.15, 0.2) is 0 Å². The number of nitrogens with two attached hydrogens (primary N) is 1. The number of carbonyl (C=O) groups excluding carboxylic acids is 1. The molecular formula is C31H37N4O4+. The lowest BCUT2D eigenvalue weighted by Gasteiger charge is -2.19. The molecule has 0 radical (unpaired) electrons. The lowest BCUT2D eigenvalue weighted by Crippen LogP contribution is -2.26. The van der Waals surface area contributed by atoms with E-state index in [-0.39, 0.29) is 17.9 Å². The number of rotatable bonds is 9. The van der Waals surface area contributed by atoms with Crippen LogP contribution in [0.4, 0.5) is 5.69 Å². The first-order valence-corrected chi connectivity index (χ1v) is 13.2. The number of carboxylic acid groups (broad SMARTS) is 1. The SMILES string of the molecule is CN(C)c1ccc2c(C3=CC=C(C(=O)NCCCCCN)CC=C3C(=O)O)c3ccc(=[N+](C)C)cc-3oc2c1. The maximum absolute atomic E-state index is 12.9. The molecule has 1 aromatic carbocycles. The van der Waals surface area contributed by atoms with Gasteiger partial charge in [0.2, 0.25) is 11.3 Å². The molecular weight excluding hydrogens is 492 g/mol. The minimum atomic E-state index is -1.05. The third-order valence-electron chi connectivity index (χ3n) is 6.95. The number of fused-ring (bicyclic) bond motifs is 2. The quantitative estimate of drug-likeness (QED) is 0.222. The van der Waals surface area contributed by atoms with Crippen LogP contribution in [0, 0.1) is 0 Å². The molecule has 0 atom stereocenters. The van der Waals surface area contributed by atoms with Crippen molar-refractivity contribution in [3.63, 3.8) is 0 Å². The van der Waals surface area contributed by atoms with E-state index in [9.17, 15) is 14.7 Å². The molecule has 1 aliphatic heterocycles. The van der Waals surface area contributed by atoms with Crippen molar-refractivity contribution >= 4 is 34.1 Å². The van der Waals surface area contributed by atoms with E-state index in [1.165, 1.54) is 0 Å². The van der Waals surface area contributed by atoms with Crippen LogP contribution in [0.25, 0.3) is 27.9 Å². The van der Waals surface area contributed by atoms with E-state index in [2.05, 4.69) is 5.32 Å². The first-order valence-electron chi connectivity index (χ1n) is 13.2. The van der Waals surface area contributed by atoms with Crippen molar-refractivity contribution in [1.82, 2.24) is 9.89 Å². The van der Waals surface area contributed by atoms with E-state index in [0.29, 0.717) is 35.6 Å². The fraction of sp³-hybridized carbons (Fsp3) is 0.323. The third kappa shape index (κ3) is 6.12. The Morgan fingerprint density at radius 1 is 1.08 bits per heavy atom. The highest BCUT2D eigenvalue weighted by molar-refractivity contribution is 6.13. The van der Waals surface area contributed by atoms with Gasteiger partial charge in [0.25, 0.3) is 0 Å². The molecule has 0 saturated carbocycles. The molecule has 204 valence electrons. The van der Waals surface area contributed by atoms with E-state index < -0.39 is 5.97 Å². The van der Waals surface area contributed by atoms with Crippen molar-refractivity contribution in [1.29, 1.82) is 0 Å². The van der Waals surface area contributed by atoms with Crippen LogP contribution in [0.1, 0.15) is 31.2 Å². The Hall–Kier alpha value is -4.17. The molecule has 0 bridgehead atoms. The van der Waals surface area contributed by atoms with Gasteiger partial charge in [-0.1, -0.05) is 24.6 Å². The van der Waals surface area contributed by atoms with E-state index in [4.69, 9.17) is 10.2 Å². The molecule has 0 spiro atoms. The number of unbranched alkanes of at least 4 members (excludes halogenated alkanes) is 2. The second-order valence-corrected chi connectivity index (χ2v) is 10.1. The number of nitrogens with one attached hydrogen (secondary N) is 1. The average Bonchev–Trinajstić information content (AvgIpc) is 3.14. The highest BCUT2D eigenvalue weighted by Crippen LogP contribution is 2.41. The van der Waals surface area contributed by atoms with Gasteiger partial charge in [-0.25, -0.2) is 9.37 Å². The van der Waals surface area contributed by atoms with Crippen LogP contribution in [-0.2, 0) is 9.59 Å². The zero-order valence-corrected chi connectivity index (χ0v) is 23.1. The molecule has 0 unspecified atom stereocenters. The fourth-order valence-corrected chi connectivity index (χ4v) is 4.73. The molecule has 1 amide bonds. The fourth-order valence-electron chi connectivity index (χ4n) is 4.73. The van der Waals surface area contributed by atoms with E-state index in [1.54, 1.807) is 18.2 Å². The summed E-state index contributed by atoms with van der Waals surface area (Å²) in [5, 5.41) is 15.0. The first-order chi connectivity index (χ1) is 18.7. The van der Waals surface area contributed by atoms with Crippen molar-refractivity contribution in [2.45, 2.75) is 25.7 Å². The van der Waals surface area contributed by atoms with Crippen molar-refractivity contribution < 1.29 is 19.1 Å². The second kappa shape index (κ2) is 12.1. The van der Waals surface area contributed by atoms with Crippen LogP contribution in [0.3, 0.4) is 0 Å². The summed E-state index contributed by atoms with van der Waals surface area (Å²) in [5.41, 5.74) is 9.92. The van der Waals surface area contributed by atoms with Crippen molar-refractivity contribution in [3.05, 3.63) is 76.7 Å². The molecule has 4 N–H and O–H groups in total. The Balaban J connectivity index is 1.89. The summed E-state index contributed by atoms with van der Waals surface area (Å²) in [5.74, 6) is -0.589. The standard InChI is InChI=1S/C31H36N4O4/c1-34(2)21-10-14-25-27(18-21)39-28-19-22(35(3)4)11-15-26(28)29(25)23-12-8-20(9-13-24(23)31(37)38)30(36)33-17-7-5-6-16-32/h8,10-15,18-19H,5-7,9,16-17,32H2,1-4H3,(H-,33,36,37,38)/p+1. The van der Waals surface area contributed by atoms with Crippen molar-refractivity contribution in [2.24, 2.45) is 5.73 Å². The Labute approximate surface area is 228 Å². The number of benzene rings is 2. The zero-order valence-electron chi connectivity index (χ0n) is 23.1. The maximum Gasteiger partial charge on any atom is 0.336 e. The van der Waals surface area contributed by atoms with Gasteiger partial charge in [-0.05, 0) is 49.6 Å². The summed E-state index contributed by atoms with van der Waals surface area (Å²) in [6, 6.07) is 11.8. The van der Waals surface area contributed by atoms with Crippen LogP contribution < -0.4 is 25.9 Å². The van der Waals surface area contributed by atoms with Crippen LogP contribution in [0.2, 0.25) is 0 Å². The number of aliphatic carboxylic acids is 1. The summed E-state index contributed by atoms with van der Waals surface area (Å²) < 4.78 is 8.38. The van der Waals surface area contributed by atoms with Gasteiger partial charge in [0, 0.05) is 60.5 Å². The smallest absolute Gasteiger partial charge is 0.336 e. The highest BCUT2D eigenvalue weighted by atomic mass is 16.4. The van der Waals surface area contributed by atoms with Crippen LogP contribution in [0.5, 0.6) is 0 Å². The molecule has 4 rings (SSSR count). The summed E-state index contributed by atoms with van der Waals surface area (Å²) in [6.07, 6.45) is 8.07. The summed E-state index contributed by atoms with van der Waals surface area (Å²) in [4.78, 5) is 27.4. The molecule has 39 heavy (non-hydrogen) atoms. The molecule has 3 aliphatic rings. The maximum atomic E-state index is 12.9. The van der Waals surface area contributed by atoms with Gasteiger partial charge in [-0.15, -0.1) is 0 Å². The number of amides is 1. The number of hydrogen-bond donors (Lipinski definition) is 3. The Morgan fingerprint density at radius 3 is 2.56 bits per heavy atom. The Bertz CT molecular complexity index is 1540. The van der Waals surface area contributed by atoms with Crippen molar-refractivity contribution in [2.75, 3.05) is 46.2 Å². The third-order valence-corrected chi connectivity index (χ3v) is 6.95. The van der Waals surface area contributed by atoms with Gasteiger partial charge in [0.1, 0.15) is 25.4 Å². The molecule has 0 aromatic heterocycles. The van der Waals surface area contributed by atoms with E-state index in [1.807, 2.05) is 74.1 Å². The second-order valence-electron chi connectivity index (χ2n) is 10.1. The van der Waals surface area contributed by atoms with E-state index >= 15 is 0 Å². The first kappa shape index (κ1) is 27.9. The van der Waals surface area contributed by atoms with Crippen LogP contribution >= 0.6 is 0 Å². The lowest BCUT2D eigenvalue weighted by molar-refractivity contribution is -0.132. The molecule has 1 heterocycles. The van der Waals surface area contributed by atoms with Gasteiger partial charge in [0.05, 0.1) is 11.6 Å². The monoisotopic (exact) mass is 529 g/mol. The summed E-state index contributed by atoms with van der Waals surface area (Å²) in [7, 11) is 7.84. The average molecular weight is 530 g/mol. The summed E-state index contributed by atoms with van der Waals surface area (Å²) in [6.45, 7) is 1.19. The normalized spacial score (nSPS) is 13.4. The minimum Gasteiger partial charge on any atom is -0.478 e. The number of nitrogens with zero attached hydrogens (tertiary/aromatic N) is 2. The van der Waals surface area contributed by atoms with E-state index in [0.717, 1.165) is 46.8 Å².